The van der Waals surface area contributed by atoms with Crippen LogP contribution in [0.3, 0.4) is 0 Å². The summed E-state index contributed by atoms with van der Waals surface area (Å²) in [6.45, 7) is 0. The van der Waals surface area contributed by atoms with Gasteiger partial charge < -0.3 is 0 Å². The fourth-order valence-electron chi connectivity index (χ4n) is 3.73. The molecule has 4 aromatic carbocycles. The van der Waals surface area contributed by atoms with Crippen LogP contribution in [0.2, 0.25) is 0 Å². The Morgan fingerprint density at radius 1 is 0.765 bits per heavy atom. The van der Waals surface area contributed by atoms with Crippen LogP contribution in [0.4, 0.5) is 0 Å². The second-order valence-corrected chi connectivity index (χ2v) is 9.61. The Kier molecular flexibility index (Phi) is 6.70. The Morgan fingerprint density at radius 3 is 2.09 bits per heavy atom. The molecule has 0 aliphatic rings. The van der Waals surface area contributed by atoms with Crippen molar-refractivity contribution >= 4 is 33.5 Å². The molecule has 34 heavy (non-hydrogen) atoms. The van der Waals surface area contributed by atoms with Crippen molar-refractivity contribution in [2.24, 2.45) is 0 Å². The van der Waals surface area contributed by atoms with Crippen LogP contribution in [0.25, 0.3) is 17.1 Å². The number of halogens is 1. The molecule has 1 aromatic heterocycles. The maximum atomic E-state index is 13.6. The van der Waals surface area contributed by atoms with E-state index in [9.17, 15) is 4.79 Å². The number of ketones is 1. The third-order valence-corrected chi connectivity index (χ3v) is 7.04. The number of aromatic nitrogens is 3. The monoisotopic (exact) mass is 525 g/mol. The van der Waals surface area contributed by atoms with E-state index < -0.39 is 5.25 Å². The molecule has 166 valence electrons. The van der Waals surface area contributed by atoms with Crippen molar-refractivity contribution in [3.8, 4) is 17.1 Å². The van der Waals surface area contributed by atoms with Gasteiger partial charge in [0.05, 0.1) is 0 Å². The highest BCUT2D eigenvalue weighted by molar-refractivity contribution is 9.10. The number of thioether (sulfide) groups is 1. The molecule has 0 N–H and O–H groups in total. The molecule has 0 fully saturated rings. The molecule has 0 unspecified atom stereocenters. The molecular weight excluding hydrogens is 506 g/mol. The minimum absolute atomic E-state index is 0.0309. The van der Waals surface area contributed by atoms with Crippen molar-refractivity contribution in [3.05, 3.63) is 131 Å². The molecule has 4 nitrogen and oxygen atoms in total. The van der Waals surface area contributed by atoms with E-state index in [4.69, 9.17) is 0 Å². The largest absolute Gasteiger partial charge is 0.293 e. The van der Waals surface area contributed by atoms with Gasteiger partial charge >= 0.3 is 0 Å². The van der Waals surface area contributed by atoms with Crippen LogP contribution in [0.15, 0.2) is 125 Å². The average Bonchev–Trinajstić information content (AvgIpc) is 3.32. The molecule has 0 aliphatic heterocycles. The Morgan fingerprint density at radius 2 is 1.41 bits per heavy atom. The van der Waals surface area contributed by atoms with Crippen LogP contribution in [0.1, 0.15) is 21.2 Å². The van der Waals surface area contributed by atoms with E-state index in [1.54, 1.807) is 0 Å². The minimum Gasteiger partial charge on any atom is -0.293 e. The highest BCUT2D eigenvalue weighted by atomic mass is 79.9. The molecule has 5 rings (SSSR count). The second kappa shape index (κ2) is 10.2. The second-order valence-electron chi connectivity index (χ2n) is 7.63. The highest BCUT2D eigenvalue weighted by Gasteiger charge is 2.27. The third-order valence-electron chi connectivity index (χ3n) is 5.35. The van der Waals surface area contributed by atoms with Crippen molar-refractivity contribution in [1.82, 2.24) is 14.8 Å². The van der Waals surface area contributed by atoms with Crippen molar-refractivity contribution in [2.75, 3.05) is 0 Å². The van der Waals surface area contributed by atoms with E-state index >= 15 is 0 Å². The molecule has 0 saturated carbocycles. The van der Waals surface area contributed by atoms with Crippen LogP contribution in [-0.4, -0.2) is 20.5 Å². The molecule has 0 amide bonds. The van der Waals surface area contributed by atoms with Crippen molar-refractivity contribution in [3.63, 3.8) is 0 Å². The number of benzene rings is 4. The van der Waals surface area contributed by atoms with Crippen LogP contribution in [0, 0.1) is 0 Å². The lowest BCUT2D eigenvalue weighted by Gasteiger charge is -2.17. The normalized spacial score (nSPS) is 11.8. The van der Waals surface area contributed by atoms with Crippen LogP contribution >= 0.6 is 27.7 Å². The molecule has 0 aliphatic carbocycles. The first-order chi connectivity index (χ1) is 16.7. The maximum absolute atomic E-state index is 13.6. The molecule has 0 saturated heterocycles. The lowest BCUT2D eigenvalue weighted by atomic mass is 10.0. The molecule has 0 spiro atoms. The van der Waals surface area contributed by atoms with Gasteiger partial charge in [-0.2, -0.15) is 0 Å². The Bertz CT molecular complexity index is 1410. The molecule has 1 heterocycles. The van der Waals surface area contributed by atoms with Gasteiger partial charge in [0.1, 0.15) is 5.25 Å². The predicted octanol–water partition coefficient (Wildman–Crippen LogP) is 7.41. The Balaban J connectivity index is 1.62. The fraction of sp³-hybridized carbons (Fsp3) is 0.0357. The first kappa shape index (κ1) is 22.3. The van der Waals surface area contributed by atoms with Gasteiger partial charge in [0.15, 0.2) is 16.8 Å². The van der Waals surface area contributed by atoms with Gasteiger partial charge in [-0.25, -0.2) is 0 Å². The summed E-state index contributed by atoms with van der Waals surface area (Å²) >= 11 is 4.97. The lowest BCUT2D eigenvalue weighted by molar-refractivity contribution is 0.0989. The highest BCUT2D eigenvalue weighted by Crippen LogP contribution is 2.39. The van der Waals surface area contributed by atoms with Crippen LogP contribution < -0.4 is 0 Å². The third kappa shape index (κ3) is 4.74. The van der Waals surface area contributed by atoms with E-state index in [1.807, 2.05) is 120 Å². The standard InChI is InChI=1S/C28H20BrN3OS/c29-23-16-10-15-22(19-23)27-30-31-28(32(27)24-17-8-3-9-18-24)34-26(21-13-6-2-7-14-21)25(33)20-11-4-1-5-12-20/h1-19,26H/t26-/m0/s1. The van der Waals surface area contributed by atoms with Gasteiger partial charge in [-0.05, 0) is 29.8 Å². The first-order valence-corrected chi connectivity index (χ1v) is 12.5. The summed E-state index contributed by atoms with van der Waals surface area (Å²) in [6.07, 6.45) is 0. The Hall–Kier alpha value is -3.48. The summed E-state index contributed by atoms with van der Waals surface area (Å²) < 4.78 is 2.98. The zero-order chi connectivity index (χ0) is 23.3. The van der Waals surface area contributed by atoms with Crippen LogP contribution in [0.5, 0.6) is 0 Å². The smallest absolute Gasteiger partial charge is 0.197 e. The van der Waals surface area contributed by atoms with E-state index in [0.717, 1.165) is 21.3 Å². The number of hydrogen-bond acceptors (Lipinski definition) is 4. The van der Waals surface area contributed by atoms with Crippen molar-refractivity contribution < 1.29 is 4.79 Å². The van der Waals surface area contributed by atoms with Gasteiger partial charge in [0.2, 0.25) is 0 Å². The number of rotatable bonds is 7. The zero-order valence-corrected chi connectivity index (χ0v) is 20.5. The molecular formula is C28H20BrN3OS. The van der Waals surface area contributed by atoms with Crippen molar-refractivity contribution in [2.45, 2.75) is 10.4 Å². The number of hydrogen-bond donors (Lipinski definition) is 0. The SMILES string of the molecule is O=C(c1ccccc1)[C@@H](Sc1nnc(-c2cccc(Br)c2)n1-c1ccccc1)c1ccccc1. The number of nitrogens with zero attached hydrogens (tertiary/aromatic N) is 3. The average molecular weight is 526 g/mol. The lowest BCUT2D eigenvalue weighted by Crippen LogP contribution is -2.11. The van der Waals surface area contributed by atoms with Gasteiger partial charge in [-0.3, -0.25) is 9.36 Å². The summed E-state index contributed by atoms with van der Waals surface area (Å²) in [5, 5.41) is 9.28. The molecule has 0 bridgehead atoms. The topological polar surface area (TPSA) is 47.8 Å². The first-order valence-electron chi connectivity index (χ1n) is 10.8. The fourth-order valence-corrected chi connectivity index (χ4v) is 5.26. The molecule has 5 aromatic rings. The minimum atomic E-state index is -0.467. The Labute approximate surface area is 210 Å². The van der Waals surface area contributed by atoms with Gasteiger partial charge in [0, 0.05) is 21.3 Å². The van der Waals surface area contributed by atoms with Gasteiger partial charge in [-0.1, -0.05) is 119 Å². The quantitative estimate of drug-likeness (QED) is 0.164. The van der Waals surface area contributed by atoms with Gasteiger partial charge in [0.25, 0.3) is 0 Å². The van der Waals surface area contributed by atoms with E-state index in [0.29, 0.717) is 16.5 Å². The summed E-state index contributed by atoms with van der Waals surface area (Å²) in [5.41, 5.74) is 3.46. The maximum Gasteiger partial charge on any atom is 0.197 e. The van der Waals surface area contributed by atoms with Gasteiger partial charge in [-0.15, -0.1) is 10.2 Å². The van der Waals surface area contributed by atoms with Crippen molar-refractivity contribution in [1.29, 1.82) is 0 Å². The predicted molar refractivity (Wildman–Crippen MR) is 140 cm³/mol. The number of para-hydroxylation sites is 1. The summed E-state index contributed by atoms with van der Waals surface area (Å²) in [6, 6.07) is 37.2. The number of Topliss-reactive ketones (excluding diaryl/α,β-unsaturated/α-hetero) is 1. The molecule has 1 atom stereocenters. The van der Waals surface area contributed by atoms with E-state index in [-0.39, 0.29) is 5.78 Å². The summed E-state index contributed by atoms with van der Waals surface area (Å²) in [5.74, 6) is 0.748. The van der Waals surface area contributed by atoms with E-state index in [1.165, 1.54) is 11.8 Å². The van der Waals surface area contributed by atoms with E-state index in [2.05, 4.69) is 26.1 Å². The van der Waals surface area contributed by atoms with Crippen LogP contribution in [-0.2, 0) is 0 Å². The summed E-state index contributed by atoms with van der Waals surface area (Å²) in [4.78, 5) is 13.6. The number of carbonyl (C=O) groups is 1. The summed E-state index contributed by atoms with van der Waals surface area (Å²) in [7, 11) is 0. The number of carbonyl (C=O) groups excluding carboxylic acids is 1. The molecule has 6 heteroatoms. The zero-order valence-electron chi connectivity index (χ0n) is 18.1. The molecule has 0 radical (unpaired) electrons.